The fourth-order valence-electron chi connectivity index (χ4n) is 2.19. The summed E-state index contributed by atoms with van der Waals surface area (Å²) in [4.78, 5) is 16.2. The smallest absolute Gasteiger partial charge is 0.314 e. The first kappa shape index (κ1) is 14.7. The maximum atomic E-state index is 13.0. The van der Waals surface area contributed by atoms with Crippen LogP contribution in [-0.2, 0) is 0 Å². The van der Waals surface area contributed by atoms with E-state index in [2.05, 4.69) is 15.6 Å². The SMILES string of the molecule is O=C(N/C=C/c1cccc(F)c1)Nc1cccc2cccnc12. The van der Waals surface area contributed by atoms with Crippen LogP contribution >= 0.6 is 0 Å². The number of hydrogen-bond donors (Lipinski definition) is 2. The van der Waals surface area contributed by atoms with Crippen molar-refractivity contribution in [3.63, 3.8) is 0 Å². The number of nitrogens with one attached hydrogen (secondary N) is 2. The lowest BCUT2D eigenvalue weighted by molar-refractivity contribution is 0.255. The van der Waals surface area contributed by atoms with E-state index in [4.69, 9.17) is 0 Å². The first-order valence-electron chi connectivity index (χ1n) is 7.06. The van der Waals surface area contributed by atoms with Crippen LogP contribution in [0.25, 0.3) is 17.0 Å². The molecule has 5 heteroatoms. The van der Waals surface area contributed by atoms with Crippen LogP contribution in [-0.4, -0.2) is 11.0 Å². The Morgan fingerprint density at radius 1 is 1.09 bits per heavy atom. The van der Waals surface area contributed by atoms with Gasteiger partial charge in [-0.05, 0) is 35.9 Å². The average Bonchev–Trinajstić information content (AvgIpc) is 2.55. The van der Waals surface area contributed by atoms with Gasteiger partial charge in [-0.25, -0.2) is 9.18 Å². The molecule has 0 bridgehead atoms. The Balaban J connectivity index is 1.67. The van der Waals surface area contributed by atoms with Crippen molar-refractivity contribution < 1.29 is 9.18 Å². The molecule has 0 aliphatic heterocycles. The summed E-state index contributed by atoms with van der Waals surface area (Å²) in [6.07, 6.45) is 4.75. The molecule has 4 nitrogen and oxygen atoms in total. The Morgan fingerprint density at radius 2 is 1.91 bits per heavy atom. The highest BCUT2D eigenvalue weighted by atomic mass is 19.1. The number of pyridine rings is 1. The zero-order chi connectivity index (χ0) is 16.1. The number of benzene rings is 2. The second-order valence-corrected chi connectivity index (χ2v) is 4.87. The van der Waals surface area contributed by atoms with E-state index >= 15 is 0 Å². The van der Waals surface area contributed by atoms with Crippen molar-refractivity contribution in [2.75, 3.05) is 5.32 Å². The fourth-order valence-corrected chi connectivity index (χ4v) is 2.19. The summed E-state index contributed by atoms with van der Waals surface area (Å²) in [7, 11) is 0. The highest BCUT2D eigenvalue weighted by Crippen LogP contribution is 2.20. The van der Waals surface area contributed by atoms with Crippen molar-refractivity contribution >= 4 is 28.7 Å². The van der Waals surface area contributed by atoms with Gasteiger partial charge in [0.15, 0.2) is 0 Å². The summed E-state index contributed by atoms with van der Waals surface area (Å²) in [6.45, 7) is 0. The molecule has 2 aromatic carbocycles. The van der Waals surface area contributed by atoms with Crippen LogP contribution in [0.2, 0.25) is 0 Å². The fraction of sp³-hybridized carbons (Fsp3) is 0. The highest BCUT2D eigenvalue weighted by molar-refractivity contribution is 5.99. The molecule has 3 aromatic rings. The van der Waals surface area contributed by atoms with Crippen molar-refractivity contribution in [2.24, 2.45) is 0 Å². The summed E-state index contributed by atoms with van der Waals surface area (Å²) in [6, 6.07) is 15.0. The Labute approximate surface area is 132 Å². The van der Waals surface area contributed by atoms with E-state index in [1.54, 1.807) is 30.5 Å². The number of amides is 2. The van der Waals surface area contributed by atoms with Gasteiger partial charge in [0.25, 0.3) is 0 Å². The molecule has 114 valence electrons. The first-order valence-corrected chi connectivity index (χ1v) is 7.06. The van der Waals surface area contributed by atoms with E-state index in [0.717, 1.165) is 10.9 Å². The van der Waals surface area contributed by atoms with Crippen LogP contribution in [0.5, 0.6) is 0 Å². The predicted octanol–water partition coefficient (Wildman–Crippen LogP) is 4.17. The normalized spacial score (nSPS) is 10.8. The second kappa shape index (κ2) is 6.70. The number of halogens is 1. The summed E-state index contributed by atoms with van der Waals surface area (Å²) >= 11 is 0. The van der Waals surface area contributed by atoms with Crippen molar-refractivity contribution in [1.82, 2.24) is 10.3 Å². The number of anilines is 1. The van der Waals surface area contributed by atoms with Crippen molar-refractivity contribution in [2.45, 2.75) is 0 Å². The van der Waals surface area contributed by atoms with Crippen LogP contribution in [0, 0.1) is 5.82 Å². The van der Waals surface area contributed by atoms with Crippen LogP contribution in [0.3, 0.4) is 0 Å². The number of fused-ring (bicyclic) bond motifs is 1. The van der Waals surface area contributed by atoms with Crippen LogP contribution in [0.4, 0.5) is 14.9 Å². The number of hydrogen-bond acceptors (Lipinski definition) is 2. The van der Waals surface area contributed by atoms with Gasteiger partial charge in [0.05, 0.1) is 11.2 Å². The van der Waals surface area contributed by atoms with Gasteiger partial charge in [0.2, 0.25) is 0 Å². The molecule has 2 N–H and O–H groups in total. The second-order valence-electron chi connectivity index (χ2n) is 4.87. The van der Waals surface area contributed by atoms with E-state index < -0.39 is 6.03 Å². The van der Waals surface area contributed by atoms with Gasteiger partial charge in [0.1, 0.15) is 5.82 Å². The third-order valence-electron chi connectivity index (χ3n) is 3.22. The minimum Gasteiger partial charge on any atom is -0.314 e. The Kier molecular flexibility index (Phi) is 4.29. The van der Waals surface area contributed by atoms with Gasteiger partial charge in [-0.1, -0.05) is 30.3 Å². The largest absolute Gasteiger partial charge is 0.323 e. The summed E-state index contributed by atoms with van der Waals surface area (Å²) < 4.78 is 13.0. The molecule has 0 aliphatic rings. The van der Waals surface area contributed by atoms with Gasteiger partial charge in [0, 0.05) is 17.8 Å². The molecule has 0 aliphatic carbocycles. The molecule has 0 atom stereocenters. The van der Waals surface area contributed by atoms with E-state index in [1.807, 2.05) is 24.3 Å². The third kappa shape index (κ3) is 3.71. The van der Waals surface area contributed by atoms with Crippen molar-refractivity contribution in [1.29, 1.82) is 0 Å². The standard InChI is InChI=1S/C18H14FN3O/c19-15-7-1-4-13(12-15)9-11-21-18(23)22-16-8-2-5-14-6-3-10-20-17(14)16/h1-12H,(H2,21,22,23)/b11-9+. The predicted molar refractivity (Wildman–Crippen MR) is 89.3 cm³/mol. The lowest BCUT2D eigenvalue weighted by Crippen LogP contribution is -2.23. The van der Waals surface area contributed by atoms with Gasteiger partial charge < -0.3 is 10.6 Å². The molecule has 1 heterocycles. The number of urea groups is 1. The number of para-hydroxylation sites is 1. The van der Waals surface area contributed by atoms with Crippen molar-refractivity contribution in [3.05, 3.63) is 78.4 Å². The Bertz CT molecular complexity index is 872. The van der Waals surface area contributed by atoms with Crippen LogP contribution < -0.4 is 10.6 Å². The molecule has 0 saturated carbocycles. The summed E-state index contributed by atoms with van der Waals surface area (Å²) in [5, 5.41) is 6.27. The molecular weight excluding hydrogens is 293 g/mol. The highest BCUT2D eigenvalue weighted by Gasteiger charge is 2.04. The number of carbonyl (C=O) groups is 1. The molecule has 2 amide bonds. The number of aromatic nitrogens is 1. The zero-order valence-corrected chi connectivity index (χ0v) is 12.2. The van der Waals surface area contributed by atoms with E-state index in [1.165, 1.54) is 18.3 Å². The Morgan fingerprint density at radius 3 is 2.78 bits per heavy atom. The van der Waals surface area contributed by atoms with Gasteiger partial charge in [-0.3, -0.25) is 4.98 Å². The average molecular weight is 307 g/mol. The molecule has 23 heavy (non-hydrogen) atoms. The number of nitrogens with zero attached hydrogens (tertiary/aromatic N) is 1. The van der Waals surface area contributed by atoms with E-state index in [9.17, 15) is 9.18 Å². The number of carbonyl (C=O) groups excluding carboxylic acids is 1. The topological polar surface area (TPSA) is 54.0 Å². The third-order valence-corrected chi connectivity index (χ3v) is 3.22. The van der Waals surface area contributed by atoms with Crippen LogP contribution in [0.15, 0.2) is 67.0 Å². The summed E-state index contributed by atoms with van der Waals surface area (Å²) in [5.41, 5.74) is 2.01. The maximum Gasteiger partial charge on any atom is 0.323 e. The first-order chi connectivity index (χ1) is 11.2. The molecule has 1 aromatic heterocycles. The minimum absolute atomic E-state index is 0.321. The van der Waals surface area contributed by atoms with E-state index in [0.29, 0.717) is 11.3 Å². The Hall–Kier alpha value is -3.21. The lowest BCUT2D eigenvalue weighted by atomic mass is 10.2. The molecule has 0 spiro atoms. The molecular formula is C18H14FN3O. The van der Waals surface area contributed by atoms with Gasteiger partial charge in [-0.2, -0.15) is 0 Å². The lowest BCUT2D eigenvalue weighted by Gasteiger charge is -2.07. The maximum absolute atomic E-state index is 13.0. The molecule has 0 saturated heterocycles. The monoisotopic (exact) mass is 307 g/mol. The van der Waals surface area contributed by atoms with Crippen molar-refractivity contribution in [3.8, 4) is 0 Å². The van der Waals surface area contributed by atoms with E-state index in [-0.39, 0.29) is 5.82 Å². The summed E-state index contributed by atoms with van der Waals surface area (Å²) in [5.74, 6) is -0.321. The molecule has 0 unspecified atom stereocenters. The van der Waals surface area contributed by atoms with Crippen LogP contribution in [0.1, 0.15) is 5.56 Å². The minimum atomic E-state index is -0.393. The zero-order valence-electron chi connectivity index (χ0n) is 12.2. The molecule has 3 rings (SSSR count). The van der Waals surface area contributed by atoms with Gasteiger partial charge >= 0.3 is 6.03 Å². The number of rotatable bonds is 3. The molecule has 0 fully saturated rings. The molecule has 0 radical (unpaired) electrons. The van der Waals surface area contributed by atoms with Gasteiger partial charge in [-0.15, -0.1) is 0 Å². The quantitative estimate of drug-likeness (QED) is 0.763.